The van der Waals surface area contributed by atoms with E-state index in [0.29, 0.717) is 15.7 Å². The molecule has 0 saturated heterocycles. The lowest BCUT2D eigenvalue weighted by molar-refractivity contribution is -0.690. The summed E-state index contributed by atoms with van der Waals surface area (Å²) in [7, 11) is 0. The average Bonchev–Trinajstić information content (AvgIpc) is 3.22. The predicted molar refractivity (Wildman–Crippen MR) is 103 cm³/mol. The molecule has 1 amide bonds. The van der Waals surface area contributed by atoms with Crippen LogP contribution in [-0.2, 0) is 24.3 Å². The van der Waals surface area contributed by atoms with Crippen molar-refractivity contribution in [3.05, 3.63) is 70.6 Å². The van der Waals surface area contributed by atoms with E-state index in [-0.39, 0.29) is 24.9 Å². The fourth-order valence-electron chi connectivity index (χ4n) is 3.40. The highest BCUT2D eigenvalue weighted by molar-refractivity contribution is 6.33. The second-order valence-corrected chi connectivity index (χ2v) is 7.19. The van der Waals surface area contributed by atoms with Crippen molar-refractivity contribution in [2.45, 2.75) is 25.9 Å². The van der Waals surface area contributed by atoms with Gasteiger partial charge in [0.15, 0.2) is 12.2 Å². The third-order valence-electron chi connectivity index (χ3n) is 4.60. The molecule has 3 aromatic rings. The topological polar surface area (TPSA) is 37.9 Å². The summed E-state index contributed by atoms with van der Waals surface area (Å²) in [5, 5.41) is 4.14. The Labute approximate surface area is 174 Å². The zero-order valence-corrected chi connectivity index (χ0v) is 16.7. The molecular formula is C20H18Cl3N3O. The number of anilines is 1. The summed E-state index contributed by atoms with van der Waals surface area (Å²) in [6, 6.07) is 15.1. The van der Waals surface area contributed by atoms with Crippen LogP contribution < -0.4 is 22.3 Å². The van der Waals surface area contributed by atoms with Gasteiger partial charge in [0, 0.05) is 10.6 Å². The molecule has 0 spiro atoms. The summed E-state index contributed by atoms with van der Waals surface area (Å²) in [5.74, 6) is 1.08. The average molecular weight is 423 g/mol. The smallest absolute Gasteiger partial charge is 0.266 e. The van der Waals surface area contributed by atoms with Crippen molar-refractivity contribution in [3.63, 3.8) is 0 Å². The number of halogens is 3. The van der Waals surface area contributed by atoms with Gasteiger partial charge in [-0.3, -0.25) is 4.79 Å². The van der Waals surface area contributed by atoms with E-state index in [0.717, 1.165) is 30.6 Å². The molecule has 0 saturated carbocycles. The molecule has 7 heteroatoms. The number of hydrogen-bond acceptors (Lipinski definition) is 1. The molecule has 2 aromatic carbocycles. The summed E-state index contributed by atoms with van der Waals surface area (Å²) in [5.41, 5.74) is 2.84. The summed E-state index contributed by atoms with van der Waals surface area (Å²) in [6.07, 6.45) is 4.10. The molecule has 0 atom stereocenters. The minimum atomic E-state index is -0.0916. The van der Waals surface area contributed by atoms with Crippen molar-refractivity contribution in [2.24, 2.45) is 0 Å². The van der Waals surface area contributed by atoms with Gasteiger partial charge < -0.3 is 17.7 Å². The van der Waals surface area contributed by atoms with Crippen molar-refractivity contribution in [2.75, 3.05) is 5.32 Å². The number of nitrogens with zero attached hydrogens (tertiary/aromatic N) is 2. The fourth-order valence-corrected chi connectivity index (χ4v) is 3.71. The number of hydrogen-bond donors (Lipinski definition) is 1. The fraction of sp³-hybridized carbons (Fsp3) is 0.200. The normalized spacial score (nSPS) is 12.4. The Bertz CT molecular complexity index is 967. The van der Waals surface area contributed by atoms with E-state index in [4.69, 9.17) is 23.2 Å². The van der Waals surface area contributed by atoms with Crippen LogP contribution in [0.4, 0.5) is 5.69 Å². The maximum absolute atomic E-state index is 12.5. The zero-order valence-electron chi connectivity index (χ0n) is 14.5. The number of aromatic nitrogens is 2. The van der Waals surface area contributed by atoms with E-state index in [1.54, 1.807) is 12.1 Å². The van der Waals surface area contributed by atoms with Gasteiger partial charge in [0.2, 0.25) is 0 Å². The molecule has 0 fully saturated rings. The predicted octanol–water partition coefficient (Wildman–Crippen LogP) is 1.34. The number of amides is 1. The van der Waals surface area contributed by atoms with Crippen LogP contribution in [0.3, 0.4) is 0 Å². The highest BCUT2D eigenvalue weighted by Crippen LogP contribution is 2.26. The lowest BCUT2D eigenvalue weighted by Crippen LogP contribution is -3.00. The Morgan fingerprint density at radius 2 is 1.85 bits per heavy atom. The molecule has 0 unspecified atom stereocenters. The molecular weight excluding hydrogens is 405 g/mol. The molecule has 4 rings (SSSR count). The number of imidazole rings is 1. The van der Waals surface area contributed by atoms with Crippen LogP contribution in [0.15, 0.2) is 54.7 Å². The number of rotatable bonds is 4. The molecule has 0 radical (unpaired) electrons. The Morgan fingerprint density at radius 1 is 1.11 bits per heavy atom. The van der Waals surface area contributed by atoms with E-state index in [1.807, 2.05) is 47.2 Å². The largest absolute Gasteiger partial charge is 1.00 e. The molecule has 140 valence electrons. The first-order valence-corrected chi connectivity index (χ1v) is 9.29. The monoisotopic (exact) mass is 421 g/mol. The number of benzene rings is 2. The number of carbonyl (C=O) groups excluding carboxylic acids is 1. The van der Waals surface area contributed by atoms with Gasteiger partial charge in [-0.1, -0.05) is 35.3 Å². The summed E-state index contributed by atoms with van der Waals surface area (Å²) < 4.78 is 4.31. The van der Waals surface area contributed by atoms with Gasteiger partial charge in [0.25, 0.3) is 11.7 Å². The van der Waals surface area contributed by atoms with E-state index in [9.17, 15) is 4.79 Å². The molecule has 0 aliphatic carbocycles. The van der Waals surface area contributed by atoms with E-state index in [2.05, 4.69) is 9.88 Å². The van der Waals surface area contributed by atoms with Gasteiger partial charge >= 0.3 is 0 Å². The first kappa shape index (κ1) is 19.7. The molecule has 1 aliphatic rings. The van der Waals surface area contributed by atoms with Gasteiger partial charge in [-0.2, -0.15) is 0 Å². The van der Waals surface area contributed by atoms with E-state index >= 15 is 0 Å². The van der Waals surface area contributed by atoms with Crippen LogP contribution >= 0.6 is 23.2 Å². The summed E-state index contributed by atoms with van der Waals surface area (Å²) in [6.45, 7) is 1.22. The van der Waals surface area contributed by atoms with Crippen LogP contribution in [0.2, 0.25) is 10.0 Å². The van der Waals surface area contributed by atoms with Gasteiger partial charge in [0.1, 0.15) is 6.20 Å². The van der Waals surface area contributed by atoms with Crippen molar-refractivity contribution < 1.29 is 21.8 Å². The third kappa shape index (κ3) is 4.13. The van der Waals surface area contributed by atoms with Crippen molar-refractivity contribution >= 4 is 34.8 Å². The van der Waals surface area contributed by atoms with Crippen LogP contribution in [0, 0.1) is 0 Å². The summed E-state index contributed by atoms with van der Waals surface area (Å²) >= 11 is 12.1. The molecule has 1 aliphatic heterocycles. The Morgan fingerprint density at radius 3 is 2.59 bits per heavy atom. The minimum absolute atomic E-state index is 0. The molecule has 4 nitrogen and oxygen atoms in total. The van der Waals surface area contributed by atoms with Crippen molar-refractivity contribution in [3.8, 4) is 11.3 Å². The SMILES string of the molecule is O=C(C[n+]1cc(-c2ccc(Cl)cc2)n2c1CCC2)Nc1ccccc1Cl.[Cl-]. The van der Waals surface area contributed by atoms with Crippen molar-refractivity contribution in [1.82, 2.24) is 4.57 Å². The van der Waals surface area contributed by atoms with E-state index < -0.39 is 0 Å². The molecule has 2 heterocycles. The maximum atomic E-state index is 12.5. The molecule has 0 bridgehead atoms. The third-order valence-corrected chi connectivity index (χ3v) is 5.18. The lowest BCUT2D eigenvalue weighted by atomic mass is 10.2. The van der Waals surface area contributed by atoms with Crippen LogP contribution in [-0.4, -0.2) is 10.5 Å². The van der Waals surface area contributed by atoms with Crippen LogP contribution in [0.25, 0.3) is 11.3 Å². The van der Waals surface area contributed by atoms with Crippen LogP contribution in [0.5, 0.6) is 0 Å². The standard InChI is InChI=1S/C20H17Cl2N3O.ClH/c21-15-9-7-14(8-10-15)18-12-24(20-6-3-11-25(18)20)13-19(26)23-17-5-2-1-4-16(17)22;/h1-2,4-5,7-10,12H,3,6,11,13H2;1H. The highest BCUT2D eigenvalue weighted by atomic mass is 35.5. The number of nitrogens with one attached hydrogen (secondary N) is 1. The Kier molecular flexibility index (Phi) is 6.10. The second-order valence-electron chi connectivity index (χ2n) is 6.35. The molecule has 1 N–H and O–H groups in total. The quantitative estimate of drug-likeness (QED) is 0.633. The van der Waals surface area contributed by atoms with Crippen LogP contribution in [0.1, 0.15) is 12.2 Å². The highest BCUT2D eigenvalue weighted by Gasteiger charge is 2.29. The maximum Gasteiger partial charge on any atom is 0.266 e. The van der Waals surface area contributed by atoms with Crippen molar-refractivity contribution in [1.29, 1.82) is 0 Å². The lowest BCUT2D eigenvalue weighted by Gasteiger charge is -2.05. The van der Waals surface area contributed by atoms with Gasteiger partial charge in [-0.15, -0.1) is 0 Å². The van der Waals surface area contributed by atoms with Gasteiger partial charge in [-0.25, -0.2) is 9.13 Å². The molecule has 1 aromatic heterocycles. The number of fused-ring (bicyclic) bond motifs is 1. The molecule has 27 heavy (non-hydrogen) atoms. The Balaban J connectivity index is 0.00000210. The second kappa shape index (κ2) is 8.34. The summed E-state index contributed by atoms with van der Waals surface area (Å²) in [4.78, 5) is 12.5. The number of carbonyl (C=O) groups is 1. The first-order chi connectivity index (χ1) is 12.6. The first-order valence-electron chi connectivity index (χ1n) is 8.54. The number of para-hydroxylation sites is 1. The minimum Gasteiger partial charge on any atom is -1.00 e. The van der Waals surface area contributed by atoms with Gasteiger partial charge in [-0.05, 0) is 42.8 Å². The van der Waals surface area contributed by atoms with Gasteiger partial charge in [0.05, 0.1) is 23.7 Å². The zero-order chi connectivity index (χ0) is 18.1. The Hall–Kier alpha value is -2.01. The van der Waals surface area contributed by atoms with E-state index in [1.165, 1.54) is 5.82 Å².